The lowest BCUT2D eigenvalue weighted by Gasteiger charge is -2.05. The average molecular weight is 281 g/mol. The number of anilines is 1. The Hall–Kier alpha value is -2.95. The summed E-state index contributed by atoms with van der Waals surface area (Å²) in [5.41, 5.74) is 1.95. The quantitative estimate of drug-likeness (QED) is 0.686. The molecule has 0 heterocycles. The van der Waals surface area contributed by atoms with E-state index in [9.17, 15) is 14.9 Å². The highest BCUT2D eigenvalue weighted by molar-refractivity contribution is 6.04. The van der Waals surface area contributed by atoms with Gasteiger partial charge < -0.3 is 5.32 Å². The van der Waals surface area contributed by atoms with Crippen LogP contribution in [0.25, 0.3) is 6.08 Å². The molecule has 5 nitrogen and oxygen atoms in total. The number of hydrogen-bond donors (Lipinski definition) is 1. The lowest BCUT2D eigenvalue weighted by atomic mass is 10.1. The summed E-state index contributed by atoms with van der Waals surface area (Å²) in [6.07, 6.45) is 3.53. The molecule has 0 unspecified atom stereocenters. The van der Waals surface area contributed by atoms with E-state index in [4.69, 9.17) is 0 Å². The van der Waals surface area contributed by atoms with Crippen molar-refractivity contribution in [3.8, 4) is 0 Å². The Kier molecular flexibility index (Phi) is 4.46. The van der Waals surface area contributed by atoms with Crippen LogP contribution in [-0.2, 0) is 0 Å². The van der Waals surface area contributed by atoms with Crippen molar-refractivity contribution in [2.24, 2.45) is 0 Å². The van der Waals surface area contributed by atoms with Crippen LogP contribution in [0.3, 0.4) is 0 Å². The molecule has 0 aliphatic carbocycles. The number of nitro benzene ring substituents is 1. The van der Waals surface area contributed by atoms with Crippen molar-refractivity contribution in [2.45, 2.75) is 0 Å². The first-order valence-corrected chi connectivity index (χ1v) is 6.22. The van der Waals surface area contributed by atoms with Gasteiger partial charge in [-0.3, -0.25) is 14.9 Å². The Morgan fingerprint density at radius 1 is 1.10 bits per heavy atom. The largest absolute Gasteiger partial charge is 0.322 e. The van der Waals surface area contributed by atoms with Gasteiger partial charge >= 0.3 is 0 Å². The van der Waals surface area contributed by atoms with E-state index in [0.717, 1.165) is 5.56 Å². The summed E-state index contributed by atoms with van der Waals surface area (Å²) in [7, 11) is 0. The van der Waals surface area contributed by atoms with Gasteiger partial charge in [0.1, 0.15) is 0 Å². The van der Waals surface area contributed by atoms with Crippen LogP contribution in [0.2, 0.25) is 0 Å². The molecular formula is C16H13N2O3. The van der Waals surface area contributed by atoms with Crippen molar-refractivity contribution in [2.75, 3.05) is 5.32 Å². The molecule has 0 aromatic heterocycles. The maximum absolute atomic E-state index is 12.0. The number of amides is 1. The number of nitrogens with one attached hydrogen (secondary N) is 1. The number of nitro groups is 1. The summed E-state index contributed by atoms with van der Waals surface area (Å²) in [5.74, 6) is -0.314. The first kappa shape index (κ1) is 14.5. The Balaban J connectivity index is 2.08. The van der Waals surface area contributed by atoms with Gasteiger partial charge in [-0.15, -0.1) is 0 Å². The number of hydrogen-bond acceptors (Lipinski definition) is 3. The van der Waals surface area contributed by atoms with E-state index < -0.39 is 4.92 Å². The molecule has 0 spiro atoms. The van der Waals surface area contributed by atoms with Crippen molar-refractivity contribution in [3.63, 3.8) is 0 Å². The Bertz CT molecular complexity index is 674. The minimum atomic E-state index is -0.503. The summed E-state index contributed by atoms with van der Waals surface area (Å²) >= 11 is 0. The van der Waals surface area contributed by atoms with Crippen LogP contribution in [0.1, 0.15) is 15.9 Å². The van der Waals surface area contributed by atoms with Crippen LogP contribution in [0.5, 0.6) is 0 Å². The number of nitrogens with zero attached hydrogens (tertiary/aromatic N) is 1. The molecule has 0 saturated carbocycles. The van der Waals surface area contributed by atoms with Gasteiger partial charge in [0.05, 0.1) is 4.92 Å². The molecule has 0 atom stereocenters. The molecule has 105 valence electrons. The van der Waals surface area contributed by atoms with E-state index in [1.807, 2.05) is 18.2 Å². The number of benzene rings is 2. The predicted octanol–water partition coefficient (Wildman–Crippen LogP) is 3.69. The normalized spacial score (nSPS) is 10.5. The van der Waals surface area contributed by atoms with Crippen molar-refractivity contribution in [1.29, 1.82) is 0 Å². The van der Waals surface area contributed by atoms with E-state index >= 15 is 0 Å². The van der Waals surface area contributed by atoms with Crippen LogP contribution >= 0.6 is 0 Å². The number of carbonyl (C=O) groups excluding carboxylic acids is 1. The molecule has 21 heavy (non-hydrogen) atoms. The lowest BCUT2D eigenvalue weighted by Crippen LogP contribution is -2.11. The molecule has 0 aliphatic rings. The number of carbonyl (C=O) groups is 1. The zero-order chi connectivity index (χ0) is 15.2. The van der Waals surface area contributed by atoms with Gasteiger partial charge in [-0.1, -0.05) is 24.3 Å². The van der Waals surface area contributed by atoms with E-state index in [1.54, 1.807) is 18.2 Å². The Labute approximate surface area is 122 Å². The highest BCUT2D eigenvalue weighted by atomic mass is 16.6. The summed E-state index contributed by atoms with van der Waals surface area (Å²) in [4.78, 5) is 22.1. The molecule has 2 rings (SSSR count). The van der Waals surface area contributed by atoms with Crippen molar-refractivity contribution < 1.29 is 9.72 Å². The fourth-order valence-electron chi connectivity index (χ4n) is 1.75. The van der Waals surface area contributed by atoms with Crippen molar-refractivity contribution >= 4 is 23.4 Å². The topological polar surface area (TPSA) is 72.2 Å². The molecule has 2 aromatic carbocycles. The van der Waals surface area contributed by atoms with Crippen molar-refractivity contribution in [3.05, 3.63) is 82.8 Å². The maximum Gasteiger partial charge on any atom is 0.269 e. The van der Waals surface area contributed by atoms with E-state index in [-0.39, 0.29) is 11.6 Å². The summed E-state index contributed by atoms with van der Waals surface area (Å²) in [5, 5.41) is 13.3. The van der Waals surface area contributed by atoms with Gasteiger partial charge in [0.15, 0.2) is 0 Å². The minimum absolute atomic E-state index is 0.0455. The third-order valence-electron chi connectivity index (χ3n) is 2.82. The first-order chi connectivity index (χ1) is 10.1. The van der Waals surface area contributed by atoms with E-state index in [0.29, 0.717) is 11.3 Å². The summed E-state index contributed by atoms with van der Waals surface area (Å²) in [6.45, 7) is 3.61. The second-order valence-electron chi connectivity index (χ2n) is 4.28. The molecular weight excluding hydrogens is 268 g/mol. The van der Waals surface area contributed by atoms with E-state index in [2.05, 4.69) is 12.2 Å². The predicted molar refractivity (Wildman–Crippen MR) is 81.9 cm³/mol. The highest BCUT2D eigenvalue weighted by Crippen LogP contribution is 2.15. The van der Waals surface area contributed by atoms with Gasteiger partial charge in [-0.2, -0.15) is 0 Å². The average Bonchev–Trinajstić information content (AvgIpc) is 2.49. The molecule has 1 amide bonds. The monoisotopic (exact) mass is 281 g/mol. The Morgan fingerprint density at radius 3 is 2.24 bits per heavy atom. The lowest BCUT2D eigenvalue weighted by molar-refractivity contribution is -0.384. The fourth-order valence-corrected chi connectivity index (χ4v) is 1.75. The smallest absolute Gasteiger partial charge is 0.269 e. The Morgan fingerprint density at radius 2 is 1.71 bits per heavy atom. The van der Waals surface area contributed by atoms with Crippen LogP contribution in [0, 0.1) is 17.0 Å². The molecule has 2 aromatic rings. The number of non-ortho nitro benzene ring substituents is 1. The fraction of sp³-hybridized carbons (Fsp3) is 0. The van der Waals surface area contributed by atoms with Gasteiger partial charge in [0, 0.05) is 23.4 Å². The van der Waals surface area contributed by atoms with E-state index in [1.165, 1.54) is 24.3 Å². The zero-order valence-electron chi connectivity index (χ0n) is 11.2. The maximum atomic E-state index is 12.0. The second kappa shape index (κ2) is 6.47. The van der Waals surface area contributed by atoms with Gasteiger partial charge in [-0.25, -0.2) is 0 Å². The van der Waals surface area contributed by atoms with Gasteiger partial charge in [0.25, 0.3) is 11.6 Å². The standard InChI is InChI=1S/C16H13N2O3/c1-2-3-12-4-8-14(9-5-12)17-16(19)13-6-10-15(11-7-13)18(20)21/h2-11H,1H2,(H,17,19)/b3-2+. The second-order valence-corrected chi connectivity index (χ2v) is 4.28. The summed E-state index contributed by atoms with van der Waals surface area (Å²) < 4.78 is 0. The minimum Gasteiger partial charge on any atom is -0.322 e. The highest BCUT2D eigenvalue weighted by Gasteiger charge is 2.09. The molecule has 1 radical (unpaired) electrons. The van der Waals surface area contributed by atoms with Gasteiger partial charge in [0.2, 0.25) is 0 Å². The van der Waals surface area contributed by atoms with Crippen LogP contribution < -0.4 is 5.32 Å². The molecule has 0 aliphatic heterocycles. The van der Waals surface area contributed by atoms with Crippen LogP contribution in [0.4, 0.5) is 11.4 Å². The zero-order valence-corrected chi connectivity index (χ0v) is 11.2. The molecule has 0 saturated heterocycles. The molecule has 0 bridgehead atoms. The first-order valence-electron chi connectivity index (χ1n) is 6.22. The number of allylic oxidation sites excluding steroid dienone is 1. The molecule has 0 fully saturated rings. The third kappa shape index (κ3) is 3.76. The van der Waals surface area contributed by atoms with Gasteiger partial charge in [-0.05, 0) is 36.8 Å². The molecule has 5 heteroatoms. The van der Waals surface area contributed by atoms with Crippen LogP contribution in [-0.4, -0.2) is 10.8 Å². The molecule has 1 N–H and O–H groups in total. The van der Waals surface area contributed by atoms with Crippen LogP contribution in [0.15, 0.2) is 54.6 Å². The third-order valence-corrected chi connectivity index (χ3v) is 2.82. The summed E-state index contributed by atoms with van der Waals surface area (Å²) in [6, 6.07) is 12.7. The van der Waals surface area contributed by atoms with Crippen molar-refractivity contribution in [1.82, 2.24) is 0 Å². The SMILES string of the molecule is [CH2]/C=C/c1ccc(NC(=O)c2ccc([N+](=O)[O-])cc2)cc1. The number of rotatable bonds is 4.